The van der Waals surface area contributed by atoms with Gasteiger partial charge in [0.2, 0.25) is 0 Å². The third-order valence-electron chi connectivity index (χ3n) is 2.31. The molecule has 0 fully saturated rings. The number of hydrogen-bond acceptors (Lipinski definition) is 3. The number of nitrogens with two attached hydrogens (primary N) is 1. The summed E-state index contributed by atoms with van der Waals surface area (Å²) in [5.41, 5.74) is 6.63. The molecule has 18 heavy (non-hydrogen) atoms. The van der Waals surface area contributed by atoms with E-state index in [0.29, 0.717) is 11.4 Å². The lowest BCUT2D eigenvalue weighted by Crippen LogP contribution is -2.13. The molecule has 0 spiro atoms. The number of hydrogen-bond donors (Lipinski definition) is 2. The highest BCUT2D eigenvalue weighted by Crippen LogP contribution is 2.21. The first-order valence-corrected chi connectivity index (χ1v) is 7.68. The van der Waals surface area contributed by atoms with Gasteiger partial charge in [0.15, 0.2) is 0 Å². The van der Waals surface area contributed by atoms with Gasteiger partial charge in [0, 0.05) is 9.26 Å². The highest BCUT2D eigenvalue weighted by molar-refractivity contribution is 14.1. The molecule has 2 aromatic rings. The first kappa shape index (κ1) is 13.2. The zero-order valence-corrected chi connectivity index (χ0v) is 12.3. The Morgan fingerprint density at radius 2 is 1.61 bits per heavy atom. The summed E-state index contributed by atoms with van der Waals surface area (Å²) in [5.74, 6) is 0. The van der Waals surface area contributed by atoms with Crippen molar-refractivity contribution in [3.63, 3.8) is 0 Å². The van der Waals surface area contributed by atoms with Gasteiger partial charge in [-0.2, -0.15) is 0 Å². The average Bonchev–Trinajstić information content (AvgIpc) is 2.32. The summed E-state index contributed by atoms with van der Waals surface area (Å²) < 4.78 is 27.6. The second-order valence-corrected chi connectivity index (χ2v) is 6.50. The number of benzene rings is 2. The predicted octanol–water partition coefficient (Wildman–Crippen LogP) is 2.67. The number of rotatable bonds is 3. The molecule has 0 aliphatic rings. The SMILES string of the molecule is Nc1ccc(S(=O)(=O)Nc2ccccc2I)cc1. The minimum Gasteiger partial charge on any atom is -0.399 e. The van der Waals surface area contributed by atoms with E-state index in [1.165, 1.54) is 12.1 Å². The fourth-order valence-corrected chi connectivity index (χ4v) is 3.18. The largest absolute Gasteiger partial charge is 0.399 e. The predicted molar refractivity (Wildman–Crippen MR) is 80.8 cm³/mol. The summed E-state index contributed by atoms with van der Waals surface area (Å²) in [7, 11) is -3.56. The van der Waals surface area contributed by atoms with Crippen molar-refractivity contribution in [1.82, 2.24) is 0 Å². The molecule has 3 N–H and O–H groups in total. The Labute approximate surface area is 119 Å². The standard InChI is InChI=1S/C12H11IN2O2S/c13-11-3-1-2-4-12(11)15-18(16,17)10-7-5-9(14)6-8-10/h1-8,15H,14H2. The van der Waals surface area contributed by atoms with Crippen LogP contribution in [-0.2, 0) is 10.0 Å². The van der Waals surface area contributed by atoms with E-state index in [1.807, 2.05) is 12.1 Å². The van der Waals surface area contributed by atoms with E-state index in [9.17, 15) is 8.42 Å². The average molecular weight is 374 g/mol. The molecule has 2 aromatic carbocycles. The first-order valence-electron chi connectivity index (χ1n) is 5.12. The number of anilines is 2. The Kier molecular flexibility index (Phi) is 3.76. The van der Waals surface area contributed by atoms with Crippen LogP contribution in [0.5, 0.6) is 0 Å². The van der Waals surface area contributed by atoms with E-state index < -0.39 is 10.0 Å². The minimum atomic E-state index is -3.56. The fourth-order valence-electron chi connectivity index (χ4n) is 1.39. The van der Waals surface area contributed by atoms with Crippen LogP contribution < -0.4 is 10.5 Å². The Bertz CT molecular complexity index is 654. The van der Waals surface area contributed by atoms with Gasteiger partial charge in [-0.15, -0.1) is 0 Å². The van der Waals surface area contributed by atoms with E-state index in [1.54, 1.807) is 24.3 Å². The van der Waals surface area contributed by atoms with Gasteiger partial charge >= 0.3 is 0 Å². The van der Waals surface area contributed by atoms with Gasteiger partial charge < -0.3 is 5.73 Å². The molecule has 0 bridgehead atoms. The van der Waals surface area contributed by atoms with Crippen molar-refractivity contribution in [2.24, 2.45) is 0 Å². The van der Waals surface area contributed by atoms with Crippen LogP contribution in [-0.4, -0.2) is 8.42 Å². The van der Waals surface area contributed by atoms with Crippen molar-refractivity contribution in [3.05, 3.63) is 52.1 Å². The van der Waals surface area contributed by atoms with Gasteiger partial charge in [0.25, 0.3) is 10.0 Å². The molecule has 4 nitrogen and oxygen atoms in total. The number of sulfonamides is 1. The Morgan fingerprint density at radius 3 is 2.22 bits per heavy atom. The lowest BCUT2D eigenvalue weighted by Gasteiger charge is -2.09. The van der Waals surface area contributed by atoms with E-state index in [4.69, 9.17) is 5.73 Å². The van der Waals surface area contributed by atoms with Crippen LogP contribution in [0.15, 0.2) is 53.4 Å². The van der Waals surface area contributed by atoms with Crippen LogP contribution in [0, 0.1) is 3.57 Å². The van der Waals surface area contributed by atoms with Crippen LogP contribution >= 0.6 is 22.6 Å². The molecule has 0 radical (unpaired) electrons. The normalized spacial score (nSPS) is 11.2. The summed E-state index contributed by atoms with van der Waals surface area (Å²) in [6.07, 6.45) is 0. The fraction of sp³-hybridized carbons (Fsp3) is 0. The summed E-state index contributed by atoms with van der Waals surface area (Å²) in [5, 5.41) is 0. The smallest absolute Gasteiger partial charge is 0.261 e. The Hall–Kier alpha value is -1.28. The third-order valence-corrected chi connectivity index (χ3v) is 4.63. The van der Waals surface area contributed by atoms with E-state index in [2.05, 4.69) is 27.3 Å². The van der Waals surface area contributed by atoms with Crippen LogP contribution in [0.2, 0.25) is 0 Å². The van der Waals surface area contributed by atoms with Crippen LogP contribution in [0.3, 0.4) is 0 Å². The number of para-hydroxylation sites is 1. The lowest BCUT2D eigenvalue weighted by molar-refractivity contribution is 0.601. The molecular weight excluding hydrogens is 363 g/mol. The molecule has 0 amide bonds. The molecule has 94 valence electrons. The molecule has 0 unspecified atom stereocenters. The van der Waals surface area contributed by atoms with E-state index in [0.717, 1.165) is 3.57 Å². The molecule has 0 atom stereocenters. The van der Waals surface area contributed by atoms with Gasteiger partial charge in [-0.25, -0.2) is 8.42 Å². The zero-order chi connectivity index (χ0) is 13.2. The summed E-state index contributed by atoms with van der Waals surface area (Å²) >= 11 is 2.08. The lowest BCUT2D eigenvalue weighted by atomic mass is 10.3. The maximum absolute atomic E-state index is 12.1. The van der Waals surface area contributed by atoms with Gasteiger partial charge in [0.1, 0.15) is 0 Å². The molecular formula is C12H11IN2O2S. The van der Waals surface area contributed by atoms with Crippen molar-refractivity contribution in [3.8, 4) is 0 Å². The van der Waals surface area contributed by atoms with Crippen molar-refractivity contribution >= 4 is 44.0 Å². The Balaban J connectivity index is 2.33. The van der Waals surface area contributed by atoms with Gasteiger partial charge in [-0.1, -0.05) is 12.1 Å². The van der Waals surface area contributed by atoms with Crippen LogP contribution in [0.4, 0.5) is 11.4 Å². The van der Waals surface area contributed by atoms with Gasteiger partial charge in [-0.05, 0) is 59.0 Å². The van der Waals surface area contributed by atoms with Crippen molar-refractivity contribution in [2.75, 3.05) is 10.5 Å². The second kappa shape index (κ2) is 5.15. The second-order valence-electron chi connectivity index (χ2n) is 3.65. The van der Waals surface area contributed by atoms with E-state index in [-0.39, 0.29) is 4.90 Å². The summed E-state index contributed by atoms with van der Waals surface area (Å²) in [4.78, 5) is 0.191. The van der Waals surface area contributed by atoms with Crippen LogP contribution in [0.1, 0.15) is 0 Å². The monoisotopic (exact) mass is 374 g/mol. The number of halogens is 1. The quantitative estimate of drug-likeness (QED) is 0.641. The highest BCUT2D eigenvalue weighted by Gasteiger charge is 2.14. The maximum Gasteiger partial charge on any atom is 0.261 e. The molecule has 0 saturated heterocycles. The molecule has 0 aliphatic carbocycles. The van der Waals surface area contributed by atoms with Crippen molar-refractivity contribution in [1.29, 1.82) is 0 Å². The first-order chi connectivity index (χ1) is 8.49. The van der Waals surface area contributed by atoms with Gasteiger partial charge in [-0.3, -0.25) is 4.72 Å². The Morgan fingerprint density at radius 1 is 1.00 bits per heavy atom. The maximum atomic E-state index is 12.1. The third kappa shape index (κ3) is 2.94. The van der Waals surface area contributed by atoms with Gasteiger partial charge in [0.05, 0.1) is 10.6 Å². The molecule has 0 saturated carbocycles. The molecule has 6 heteroatoms. The zero-order valence-electron chi connectivity index (χ0n) is 9.30. The minimum absolute atomic E-state index is 0.191. The molecule has 0 aromatic heterocycles. The molecule has 0 heterocycles. The molecule has 0 aliphatic heterocycles. The number of nitrogen functional groups attached to an aromatic ring is 1. The number of nitrogens with one attached hydrogen (secondary N) is 1. The highest BCUT2D eigenvalue weighted by atomic mass is 127. The summed E-state index contributed by atoms with van der Waals surface area (Å²) in [6, 6.07) is 13.3. The molecule has 2 rings (SSSR count). The van der Waals surface area contributed by atoms with Crippen molar-refractivity contribution < 1.29 is 8.42 Å². The topological polar surface area (TPSA) is 72.2 Å². The summed E-state index contributed by atoms with van der Waals surface area (Å²) in [6.45, 7) is 0. The van der Waals surface area contributed by atoms with E-state index >= 15 is 0 Å². The van der Waals surface area contributed by atoms with Crippen LogP contribution in [0.25, 0.3) is 0 Å². The van der Waals surface area contributed by atoms with Crippen molar-refractivity contribution in [2.45, 2.75) is 4.90 Å².